The van der Waals surface area contributed by atoms with Gasteiger partial charge in [0, 0.05) is 38.0 Å². The van der Waals surface area contributed by atoms with Crippen LogP contribution in [0.5, 0.6) is 0 Å². The molecule has 5 heteroatoms. The number of ketones is 1. The van der Waals surface area contributed by atoms with Crippen molar-refractivity contribution in [1.82, 2.24) is 5.32 Å². The molecule has 3 aliphatic carbocycles. The third kappa shape index (κ3) is 2.46. The van der Waals surface area contributed by atoms with Crippen molar-refractivity contribution in [2.45, 2.75) is 76.2 Å². The predicted octanol–water partition coefficient (Wildman–Crippen LogP) is 2.16. The SMILES string of the molecule is CCC12C(C)C(=O)CCC1(O)C(NC)CC1CCC(OC)C(OC)C12. The molecular formula is C20H35NO4. The molecule has 144 valence electrons. The standard InChI is InChI=1S/C20H35NO4/c1-6-19-12(2)14(22)9-10-20(19,23)16(21-3)11-13-7-8-15(24-4)18(25-5)17(13)19/h12-13,15-18,21,23H,6-11H2,1-5H3. The first-order chi connectivity index (χ1) is 11.9. The van der Waals surface area contributed by atoms with E-state index in [0.717, 1.165) is 25.7 Å². The van der Waals surface area contributed by atoms with Gasteiger partial charge in [-0.1, -0.05) is 13.8 Å². The average Bonchev–Trinajstić information content (AvgIpc) is 2.63. The van der Waals surface area contributed by atoms with Crippen LogP contribution in [-0.2, 0) is 14.3 Å². The van der Waals surface area contributed by atoms with Crippen LogP contribution in [0.4, 0.5) is 0 Å². The summed E-state index contributed by atoms with van der Waals surface area (Å²) in [5.74, 6) is 0.724. The van der Waals surface area contributed by atoms with Crippen LogP contribution in [0, 0.1) is 23.2 Å². The van der Waals surface area contributed by atoms with E-state index in [1.807, 2.05) is 14.0 Å². The van der Waals surface area contributed by atoms with E-state index in [2.05, 4.69) is 12.2 Å². The van der Waals surface area contributed by atoms with E-state index in [1.54, 1.807) is 14.2 Å². The Labute approximate surface area is 151 Å². The predicted molar refractivity (Wildman–Crippen MR) is 96.4 cm³/mol. The summed E-state index contributed by atoms with van der Waals surface area (Å²) in [6.07, 6.45) is 4.76. The molecule has 0 aliphatic heterocycles. The Bertz CT molecular complexity index is 512. The van der Waals surface area contributed by atoms with Gasteiger partial charge in [0.2, 0.25) is 0 Å². The highest BCUT2D eigenvalue weighted by atomic mass is 16.5. The van der Waals surface area contributed by atoms with Crippen LogP contribution in [0.1, 0.15) is 52.4 Å². The van der Waals surface area contributed by atoms with Crippen LogP contribution in [-0.4, -0.2) is 56.0 Å². The molecule has 0 saturated heterocycles. The second-order valence-electron chi connectivity index (χ2n) is 8.42. The van der Waals surface area contributed by atoms with Gasteiger partial charge in [0.25, 0.3) is 0 Å². The summed E-state index contributed by atoms with van der Waals surface area (Å²) in [7, 11) is 5.44. The van der Waals surface area contributed by atoms with Crippen LogP contribution in [0.25, 0.3) is 0 Å². The van der Waals surface area contributed by atoms with Gasteiger partial charge in [0.05, 0.1) is 17.8 Å². The Morgan fingerprint density at radius 2 is 2.00 bits per heavy atom. The van der Waals surface area contributed by atoms with Gasteiger partial charge in [-0.25, -0.2) is 0 Å². The Kier molecular flexibility index (Phi) is 5.33. The summed E-state index contributed by atoms with van der Waals surface area (Å²) in [5.41, 5.74) is -1.34. The summed E-state index contributed by atoms with van der Waals surface area (Å²) >= 11 is 0. The molecule has 0 bridgehead atoms. The number of carbonyl (C=O) groups excluding carboxylic acids is 1. The number of carbonyl (C=O) groups is 1. The molecule has 8 unspecified atom stereocenters. The van der Waals surface area contributed by atoms with Crippen molar-refractivity contribution < 1.29 is 19.4 Å². The summed E-state index contributed by atoms with van der Waals surface area (Å²) in [4.78, 5) is 12.8. The fraction of sp³-hybridized carbons (Fsp3) is 0.950. The molecule has 0 aromatic carbocycles. The maximum atomic E-state index is 12.8. The molecule has 3 saturated carbocycles. The van der Waals surface area contributed by atoms with Gasteiger partial charge in [-0.3, -0.25) is 4.79 Å². The molecule has 0 aromatic rings. The summed E-state index contributed by atoms with van der Waals surface area (Å²) in [6.45, 7) is 4.17. The number of hydrogen-bond acceptors (Lipinski definition) is 5. The lowest BCUT2D eigenvalue weighted by atomic mass is 9.41. The maximum Gasteiger partial charge on any atom is 0.136 e. The van der Waals surface area contributed by atoms with Crippen molar-refractivity contribution in [2.75, 3.05) is 21.3 Å². The fourth-order valence-electron chi connectivity index (χ4n) is 6.95. The lowest BCUT2D eigenvalue weighted by Gasteiger charge is -2.67. The molecule has 0 radical (unpaired) electrons. The highest BCUT2D eigenvalue weighted by Crippen LogP contribution is 2.64. The van der Waals surface area contributed by atoms with E-state index >= 15 is 0 Å². The zero-order valence-corrected chi connectivity index (χ0v) is 16.4. The van der Waals surface area contributed by atoms with Crippen LogP contribution in [0.3, 0.4) is 0 Å². The Hall–Kier alpha value is -0.490. The number of fused-ring (bicyclic) bond motifs is 3. The molecule has 3 fully saturated rings. The van der Waals surface area contributed by atoms with Gasteiger partial charge in [-0.05, 0) is 51.0 Å². The van der Waals surface area contributed by atoms with E-state index in [-0.39, 0.29) is 35.9 Å². The van der Waals surface area contributed by atoms with Crippen molar-refractivity contribution in [1.29, 1.82) is 0 Å². The lowest BCUT2D eigenvalue weighted by molar-refractivity contribution is -0.261. The van der Waals surface area contributed by atoms with Gasteiger partial charge >= 0.3 is 0 Å². The molecule has 0 amide bonds. The quantitative estimate of drug-likeness (QED) is 0.811. The highest BCUT2D eigenvalue weighted by Gasteiger charge is 2.69. The number of likely N-dealkylation sites (N-methyl/N-ethyl adjacent to an activating group) is 1. The first-order valence-corrected chi connectivity index (χ1v) is 9.89. The maximum absolute atomic E-state index is 12.8. The Balaban J connectivity index is 2.16. The highest BCUT2D eigenvalue weighted by molar-refractivity contribution is 5.83. The third-order valence-corrected chi connectivity index (χ3v) is 8.08. The molecule has 2 N–H and O–H groups in total. The first-order valence-electron chi connectivity index (χ1n) is 9.89. The first kappa shape index (κ1) is 19.3. The van der Waals surface area contributed by atoms with Gasteiger partial charge in [-0.2, -0.15) is 0 Å². The van der Waals surface area contributed by atoms with E-state index in [9.17, 15) is 9.90 Å². The van der Waals surface area contributed by atoms with Crippen LogP contribution < -0.4 is 5.32 Å². The summed E-state index contributed by atoms with van der Waals surface area (Å²) < 4.78 is 11.7. The van der Waals surface area contributed by atoms with E-state index < -0.39 is 11.0 Å². The molecular weight excluding hydrogens is 318 g/mol. The minimum atomic E-state index is -0.878. The minimum absolute atomic E-state index is 0.0286. The number of ether oxygens (including phenoxy) is 2. The topological polar surface area (TPSA) is 67.8 Å². The second-order valence-corrected chi connectivity index (χ2v) is 8.42. The number of Topliss-reactive ketones (excluding diaryl/α,β-unsaturated/α-hetero) is 1. The number of methoxy groups -OCH3 is 2. The Morgan fingerprint density at radius 1 is 1.28 bits per heavy atom. The van der Waals surface area contributed by atoms with E-state index in [0.29, 0.717) is 18.8 Å². The second kappa shape index (κ2) is 6.91. The average molecular weight is 354 g/mol. The number of hydrogen-bond donors (Lipinski definition) is 2. The fourth-order valence-corrected chi connectivity index (χ4v) is 6.95. The molecule has 25 heavy (non-hydrogen) atoms. The number of rotatable bonds is 4. The largest absolute Gasteiger partial charge is 0.388 e. The van der Waals surface area contributed by atoms with Crippen LogP contribution in [0.15, 0.2) is 0 Å². The van der Waals surface area contributed by atoms with Gasteiger partial charge in [-0.15, -0.1) is 0 Å². The van der Waals surface area contributed by atoms with Gasteiger partial charge < -0.3 is 19.9 Å². The molecule has 0 aromatic heterocycles. The van der Waals surface area contributed by atoms with Crippen molar-refractivity contribution in [3.8, 4) is 0 Å². The molecule has 0 heterocycles. The zero-order chi connectivity index (χ0) is 18.4. The van der Waals surface area contributed by atoms with Crippen LogP contribution in [0.2, 0.25) is 0 Å². The summed E-state index contributed by atoms with van der Waals surface area (Å²) in [6, 6.07) is 0.0286. The normalized spacial score (nSPS) is 50.2. The molecule has 3 aliphatic rings. The van der Waals surface area contributed by atoms with E-state index in [1.165, 1.54) is 0 Å². The van der Waals surface area contributed by atoms with Gasteiger partial charge in [0.1, 0.15) is 5.78 Å². The third-order valence-electron chi connectivity index (χ3n) is 8.08. The van der Waals surface area contributed by atoms with Crippen molar-refractivity contribution in [2.24, 2.45) is 23.2 Å². The Morgan fingerprint density at radius 3 is 2.56 bits per heavy atom. The molecule has 0 spiro atoms. The van der Waals surface area contributed by atoms with Gasteiger partial charge in [0.15, 0.2) is 0 Å². The monoisotopic (exact) mass is 353 g/mol. The van der Waals surface area contributed by atoms with E-state index in [4.69, 9.17) is 9.47 Å². The molecule has 3 rings (SSSR count). The number of nitrogens with one attached hydrogen (secondary N) is 1. The van der Waals surface area contributed by atoms with Crippen molar-refractivity contribution >= 4 is 5.78 Å². The number of aliphatic hydroxyl groups is 1. The van der Waals surface area contributed by atoms with Crippen molar-refractivity contribution in [3.05, 3.63) is 0 Å². The summed E-state index contributed by atoms with van der Waals surface area (Å²) in [5, 5.41) is 15.4. The minimum Gasteiger partial charge on any atom is -0.388 e. The molecule has 8 atom stereocenters. The zero-order valence-electron chi connectivity index (χ0n) is 16.4. The smallest absolute Gasteiger partial charge is 0.136 e. The molecule has 5 nitrogen and oxygen atoms in total. The van der Waals surface area contributed by atoms with Crippen LogP contribution >= 0.6 is 0 Å². The lowest BCUT2D eigenvalue weighted by Crippen LogP contribution is -2.75. The van der Waals surface area contributed by atoms with Crippen molar-refractivity contribution in [3.63, 3.8) is 0 Å².